The van der Waals surface area contributed by atoms with Crippen molar-refractivity contribution < 1.29 is 9.66 Å². The van der Waals surface area contributed by atoms with Gasteiger partial charge in [0.2, 0.25) is 0 Å². The van der Waals surface area contributed by atoms with Gasteiger partial charge in [-0.1, -0.05) is 25.6 Å². The Morgan fingerprint density at radius 2 is 2.42 bits per heavy atom. The van der Waals surface area contributed by atoms with Crippen molar-refractivity contribution in [1.82, 2.24) is 5.32 Å². The van der Waals surface area contributed by atoms with E-state index in [1.165, 1.54) is 6.07 Å². The molecule has 1 atom stereocenters. The van der Waals surface area contributed by atoms with Gasteiger partial charge in [0.25, 0.3) is 5.69 Å². The van der Waals surface area contributed by atoms with Crippen LogP contribution in [0.3, 0.4) is 0 Å². The molecule has 1 aliphatic rings. The molecule has 1 heterocycles. The molecular formula is C14H18N2O3. The van der Waals surface area contributed by atoms with Gasteiger partial charge in [0, 0.05) is 19.2 Å². The van der Waals surface area contributed by atoms with Crippen LogP contribution in [0, 0.1) is 10.1 Å². The lowest BCUT2D eigenvalue weighted by Crippen LogP contribution is -2.39. The number of aryl methyl sites for hydroxylation is 1. The van der Waals surface area contributed by atoms with Gasteiger partial charge in [-0.2, -0.15) is 0 Å². The number of rotatable bonds is 4. The summed E-state index contributed by atoms with van der Waals surface area (Å²) in [5, 5.41) is 14.4. The van der Waals surface area contributed by atoms with E-state index < -0.39 is 0 Å². The van der Waals surface area contributed by atoms with Crippen LogP contribution in [0.15, 0.2) is 24.8 Å². The summed E-state index contributed by atoms with van der Waals surface area (Å²) in [7, 11) is 0. The number of morpholine rings is 1. The van der Waals surface area contributed by atoms with Crippen LogP contribution >= 0.6 is 0 Å². The molecule has 1 unspecified atom stereocenters. The van der Waals surface area contributed by atoms with Gasteiger partial charge in [-0.3, -0.25) is 10.1 Å². The van der Waals surface area contributed by atoms with Crippen molar-refractivity contribution in [2.24, 2.45) is 0 Å². The maximum Gasteiger partial charge on any atom is 0.277 e. The van der Waals surface area contributed by atoms with Gasteiger partial charge in [0.1, 0.15) is 0 Å². The van der Waals surface area contributed by atoms with Gasteiger partial charge in [-0.25, -0.2) is 0 Å². The molecule has 1 aromatic rings. The minimum absolute atomic E-state index is 0.110. The standard InChI is InChI=1S/C14H18N2O3/c1-3-11-5-4-6-12(16(17)18)14(11)10(2)13-9-15-7-8-19-13/h4-6,13,15H,2-3,7-9H2,1H3. The monoisotopic (exact) mass is 262 g/mol. The molecule has 0 spiro atoms. The van der Waals surface area contributed by atoms with E-state index in [9.17, 15) is 10.1 Å². The fraction of sp³-hybridized carbons (Fsp3) is 0.429. The van der Waals surface area contributed by atoms with E-state index in [1.54, 1.807) is 6.07 Å². The van der Waals surface area contributed by atoms with E-state index in [4.69, 9.17) is 4.74 Å². The first kappa shape index (κ1) is 13.7. The highest BCUT2D eigenvalue weighted by atomic mass is 16.6. The second-order valence-electron chi connectivity index (χ2n) is 4.51. The van der Waals surface area contributed by atoms with E-state index in [1.807, 2.05) is 13.0 Å². The third-order valence-electron chi connectivity index (χ3n) is 3.34. The fourth-order valence-corrected chi connectivity index (χ4v) is 2.35. The van der Waals surface area contributed by atoms with Crippen LogP contribution in [-0.2, 0) is 11.2 Å². The minimum Gasteiger partial charge on any atom is -0.371 e. The molecule has 1 N–H and O–H groups in total. The molecule has 2 rings (SSSR count). The zero-order valence-corrected chi connectivity index (χ0v) is 11.0. The number of nitro groups is 1. The number of hydrogen-bond donors (Lipinski definition) is 1. The van der Waals surface area contributed by atoms with Crippen molar-refractivity contribution in [2.75, 3.05) is 19.7 Å². The Hall–Kier alpha value is -1.72. The maximum atomic E-state index is 11.2. The normalized spacial score (nSPS) is 19.1. The lowest BCUT2D eigenvalue weighted by Gasteiger charge is -2.26. The van der Waals surface area contributed by atoms with E-state index in [0.717, 1.165) is 18.5 Å². The Morgan fingerprint density at radius 3 is 3.00 bits per heavy atom. The summed E-state index contributed by atoms with van der Waals surface area (Å²) in [6.45, 7) is 8.07. The van der Waals surface area contributed by atoms with Crippen LogP contribution in [0.2, 0.25) is 0 Å². The van der Waals surface area contributed by atoms with Gasteiger partial charge in [-0.05, 0) is 17.6 Å². The lowest BCUT2D eigenvalue weighted by atomic mass is 9.93. The van der Waals surface area contributed by atoms with Gasteiger partial charge < -0.3 is 10.1 Å². The molecule has 1 aromatic carbocycles. The molecule has 1 aliphatic heterocycles. The Bertz CT molecular complexity index is 493. The second-order valence-corrected chi connectivity index (χ2v) is 4.51. The molecule has 5 heteroatoms. The molecule has 0 amide bonds. The highest BCUT2D eigenvalue weighted by Crippen LogP contribution is 2.32. The quantitative estimate of drug-likeness (QED) is 0.667. The first-order chi connectivity index (χ1) is 9.15. The summed E-state index contributed by atoms with van der Waals surface area (Å²) in [4.78, 5) is 10.8. The highest BCUT2D eigenvalue weighted by Gasteiger charge is 2.25. The summed E-state index contributed by atoms with van der Waals surface area (Å²) in [6, 6.07) is 5.15. The lowest BCUT2D eigenvalue weighted by molar-refractivity contribution is -0.385. The summed E-state index contributed by atoms with van der Waals surface area (Å²) in [6.07, 6.45) is 0.538. The first-order valence-corrected chi connectivity index (χ1v) is 6.43. The van der Waals surface area contributed by atoms with Gasteiger partial charge in [0.05, 0.1) is 23.2 Å². The van der Waals surface area contributed by atoms with Crippen molar-refractivity contribution in [3.8, 4) is 0 Å². The van der Waals surface area contributed by atoms with Gasteiger partial charge >= 0.3 is 0 Å². The van der Waals surface area contributed by atoms with E-state index >= 15 is 0 Å². The second kappa shape index (κ2) is 5.95. The molecule has 0 aromatic heterocycles. The number of benzene rings is 1. The molecular weight excluding hydrogens is 244 g/mol. The number of nitro benzene ring substituents is 1. The third kappa shape index (κ3) is 2.83. The minimum atomic E-state index is -0.351. The van der Waals surface area contributed by atoms with Gasteiger partial charge in [-0.15, -0.1) is 0 Å². The van der Waals surface area contributed by atoms with Crippen LogP contribution < -0.4 is 5.32 Å². The Labute approximate surface area is 112 Å². The highest BCUT2D eigenvalue weighted by molar-refractivity contribution is 5.76. The zero-order chi connectivity index (χ0) is 13.8. The molecule has 1 saturated heterocycles. The average Bonchev–Trinajstić information content (AvgIpc) is 2.46. The van der Waals surface area contributed by atoms with Crippen LogP contribution in [-0.4, -0.2) is 30.7 Å². The van der Waals surface area contributed by atoms with Crippen LogP contribution in [0.25, 0.3) is 5.57 Å². The average molecular weight is 262 g/mol. The number of nitrogens with zero attached hydrogens (tertiary/aromatic N) is 1. The summed E-state index contributed by atoms with van der Waals surface area (Å²) >= 11 is 0. The number of hydrogen-bond acceptors (Lipinski definition) is 4. The predicted molar refractivity (Wildman–Crippen MR) is 74.1 cm³/mol. The van der Waals surface area contributed by atoms with Crippen molar-refractivity contribution >= 4 is 11.3 Å². The van der Waals surface area contributed by atoms with E-state index in [0.29, 0.717) is 24.3 Å². The van der Waals surface area contributed by atoms with Crippen LogP contribution in [0.1, 0.15) is 18.1 Å². The van der Waals surface area contributed by atoms with Crippen molar-refractivity contribution in [1.29, 1.82) is 0 Å². The largest absolute Gasteiger partial charge is 0.371 e. The van der Waals surface area contributed by atoms with Crippen molar-refractivity contribution in [3.05, 3.63) is 46.0 Å². The molecule has 0 saturated carbocycles. The molecule has 102 valence electrons. The van der Waals surface area contributed by atoms with Crippen molar-refractivity contribution in [3.63, 3.8) is 0 Å². The summed E-state index contributed by atoms with van der Waals surface area (Å²) in [5.74, 6) is 0. The van der Waals surface area contributed by atoms with E-state index in [-0.39, 0.29) is 16.7 Å². The Morgan fingerprint density at radius 1 is 1.63 bits per heavy atom. The SMILES string of the molecule is C=C(c1c(CC)cccc1[N+](=O)[O-])C1CNCCO1. The van der Waals surface area contributed by atoms with E-state index in [2.05, 4.69) is 11.9 Å². The van der Waals surface area contributed by atoms with Crippen LogP contribution in [0.5, 0.6) is 0 Å². The van der Waals surface area contributed by atoms with Crippen LogP contribution in [0.4, 0.5) is 5.69 Å². The Kier molecular flexibility index (Phi) is 4.29. The molecule has 0 radical (unpaired) electrons. The molecule has 5 nitrogen and oxygen atoms in total. The molecule has 0 bridgehead atoms. The smallest absolute Gasteiger partial charge is 0.277 e. The number of nitrogens with one attached hydrogen (secondary N) is 1. The third-order valence-corrected chi connectivity index (χ3v) is 3.34. The first-order valence-electron chi connectivity index (χ1n) is 6.43. The zero-order valence-electron chi connectivity index (χ0n) is 11.0. The fourth-order valence-electron chi connectivity index (χ4n) is 2.35. The molecule has 0 aliphatic carbocycles. The maximum absolute atomic E-state index is 11.2. The summed E-state index contributed by atoms with van der Waals surface area (Å²) in [5.41, 5.74) is 2.37. The predicted octanol–water partition coefficient (Wildman–Crippen LogP) is 2.16. The molecule has 1 fully saturated rings. The topological polar surface area (TPSA) is 64.4 Å². The number of ether oxygens (including phenoxy) is 1. The van der Waals surface area contributed by atoms with Gasteiger partial charge in [0.15, 0.2) is 0 Å². The Balaban J connectivity index is 2.41. The summed E-state index contributed by atoms with van der Waals surface area (Å²) < 4.78 is 5.64. The molecule has 19 heavy (non-hydrogen) atoms. The van der Waals surface area contributed by atoms with Crippen molar-refractivity contribution in [2.45, 2.75) is 19.4 Å².